The molecule has 0 fully saturated rings. The Kier molecular flexibility index (Phi) is 6.91. The zero-order chi connectivity index (χ0) is 15.8. The first-order valence-electron chi connectivity index (χ1n) is 7.39. The van der Waals surface area contributed by atoms with Crippen molar-refractivity contribution < 1.29 is 9.53 Å². The molecular weight excluding hydrogens is 272 g/mol. The third-order valence-electron chi connectivity index (χ3n) is 3.20. The van der Waals surface area contributed by atoms with Gasteiger partial charge in [0.2, 0.25) is 0 Å². The number of rotatable bonds is 8. The van der Waals surface area contributed by atoms with Gasteiger partial charge in [0, 0.05) is 18.3 Å². The smallest absolute Gasteiger partial charge is 0.328 e. The van der Waals surface area contributed by atoms with Gasteiger partial charge in [-0.25, -0.2) is 4.79 Å². The second-order valence-corrected chi connectivity index (χ2v) is 5.50. The number of nitrogens with zero attached hydrogens (tertiary/aromatic N) is 1. The van der Waals surface area contributed by atoms with E-state index in [9.17, 15) is 14.4 Å². The maximum absolute atomic E-state index is 11.5. The van der Waals surface area contributed by atoms with Crippen LogP contribution in [0.25, 0.3) is 0 Å². The van der Waals surface area contributed by atoms with Crippen LogP contribution in [0, 0.1) is 12.8 Å². The van der Waals surface area contributed by atoms with Crippen molar-refractivity contribution in [1.82, 2.24) is 9.55 Å². The lowest BCUT2D eigenvalue weighted by Crippen LogP contribution is -2.30. The summed E-state index contributed by atoms with van der Waals surface area (Å²) in [6.07, 6.45) is 5.17. The third-order valence-corrected chi connectivity index (χ3v) is 3.20. The van der Waals surface area contributed by atoms with E-state index in [0.29, 0.717) is 18.7 Å². The molecule has 118 valence electrons. The van der Waals surface area contributed by atoms with Crippen LogP contribution in [-0.2, 0) is 16.1 Å². The highest BCUT2D eigenvalue weighted by Crippen LogP contribution is 2.03. The highest BCUT2D eigenvalue weighted by Gasteiger charge is 2.07. The average Bonchev–Trinajstić information content (AvgIpc) is 2.42. The quantitative estimate of drug-likeness (QED) is 0.583. The average molecular weight is 296 g/mol. The van der Waals surface area contributed by atoms with Crippen molar-refractivity contribution in [2.45, 2.75) is 53.0 Å². The molecule has 0 unspecified atom stereocenters. The van der Waals surface area contributed by atoms with Crippen molar-refractivity contribution in [2.75, 3.05) is 6.61 Å². The molecule has 0 aliphatic rings. The van der Waals surface area contributed by atoms with Gasteiger partial charge in [0.25, 0.3) is 5.56 Å². The predicted octanol–water partition coefficient (Wildman–Crippen LogP) is 1.60. The minimum atomic E-state index is -0.364. The number of hydrogen-bond acceptors (Lipinski definition) is 4. The van der Waals surface area contributed by atoms with Gasteiger partial charge in [-0.1, -0.05) is 20.3 Å². The van der Waals surface area contributed by atoms with E-state index >= 15 is 0 Å². The SMILES string of the molecule is Cc1cn(CCCCCCOC(=O)C(C)C)c(=O)[nH]c1=O. The van der Waals surface area contributed by atoms with E-state index in [2.05, 4.69) is 4.98 Å². The number of aromatic nitrogens is 2. The van der Waals surface area contributed by atoms with Crippen molar-refractivity contribution in [2.24, 2.45) is 5.92 Å². The van der Waals surface area contributed by atoms with Gasteiger partial charge in [-0.15, -0.1) is 0 Å². The molecule has 1 rings (SSSR count). The Hall–Kier alpha value is -1.85. The lowest BCUT2D eigenvalue weighted by Gasteiger charge is -2.07. The van der Waals surface area contributed by atoms with E-state index in [1.54, 1.807) is 13.1 Å². The topological polar surface area (TPSA) is 81.2 Å². The minimum Gasteiger partial charge on any atom is -0.465 e. The maximum Gasteiger partial charge on any atom is 0.328 e. The molecule has 1 aromatic heterocycles. The standard InChI is InChI=1S/C15H24N2O4/c1-11(2)14(19)21-9-7-5-4-6-8-17-10-12(3)13(18)16-15(17)20/h10-11H,4-9H2,1-3H3,(H,16,18,20). The molecule has 0 amide bonds. The van der Waals surface area contributed by atoms with Gasteiger partial charge >= 0.3 is 11.7 Å². The number of H-pyrrole nitrogens is 1. The Morgan fingerprint density at radius 2 is 1.90 bits per heavy atom. The Morgan fingerprint density at radius 1 is 1.24 bits per heavy atom. The zero-order valence-corrected chi connectivity index (χ0v) is 13.0. The normalized spacial score (nSPS) is 10.9. The van der Waals surface area contributed by atoms with E-state index in [4.69, 9.17) is 4.74 Å². The number of unbranched alkanes of at least 4 members (excludes halogenated alkanes) is 3. The summed E-state index contributed by atoms with van der Waals surface area (Å²) < 4.78 is 6.61. The van der Waals surface area contributed by atoms with Crippen LogP contribution in [0.3, 0.4) is 0 Å². The van der Waals surface area contributed by atoms with Gasteiger partial charge < -0.3 is 9.30 Å². The molecule has 1 aromatic rings. The van der Waals surface area contributed by atoms with Crippen molar-refractivity contribution in [3.8, 4) is 0 Å². The highest BCUT2D eigenvalue weighted by atomic mass is 16.5. The highest BCUT2D eigenvalue weighted by molar-refractivity contribution is 5.71. The fourth-order valence-corrected chi connectivity index (χ4v) is 1.86. The Bertz CT molecular complexity index is 572. The second kappa shape index (κ2) is 8.44. The van der Waals surface area contributed by atoms with Crippen LogP contribution in [-0.4, -0.2) is 22.1 Å². The van der Waals surface area contributed by atoms with Gasteiger partial charge in [-0.05, 0) is 26.2 Å². The lowest BCUT2D eigenvalue weighted by atomic mass is 10.2. The first-order chi connectivity index (χ1) is 9.91. The van der Waals surface area contributed by atoms with Crippen molar-refractivity contribution in [1.29, 1.82) is 0 Å². The van der Waals surface area contributed by atoms with Crippen LogP contribution in [0.1, 0.15) is 45.1 Å². The molecule has 0 saturated carbocycles. The number of aromatic amines is 1. The summed E-state index contributed by atoms with van der Waals surface area (Å²) in [5, 5.41) is 0. The molecule has 0 aromatic carbocycles. The molecule has 6 heteroatoms. The summed E-state index contributed by atoms with van der Waals surface area (Å²) in [7, 11) is 0. The van der Waals surface area contributed by atoms with Gasteiger partial charge in [0.05, 0.1) is 12.5 Å². The molecule has 1 N–H and O–H groups in total. The molecule has 21 heavy (non-hydrogen) atoms. The van der Waals surface area contributed by atoms with Crippen LogP contribution in [0.2, 0.25) is 0 Å². The molecule has 0 bridgehead atoms. The number of carbonyl (C=O) groups excluding carboxylic acids is 1. The van der Waals surface area contributed by atoms with Crippen LogP contribution >= 0.6 is 0 Å². The lowest BCUT2D eigenvalue weighted by molar-refractivity contribution is -0.147. The van der Waals surface area contributed by atoms with E-state index in [1.807, 2.05) is 13.8 Å². The van der Waals surface area contributed by atoms with Crippen LogP contribution in [0.15, 0.2) is 15.8 Å². The number of aryl methyl sites for hydroxylation is 2. The minimum absolute atomic E-state index is 0.0830. The second-order valence-electron chi connectivity index (χ2n) is 5.50. The van der Waals surface area contributed by atoms with E-state index < -0.39 is 0 Å². The van der Waals surface area contributed by atoms with Gasteiger partial charge in [-0.3, -0.25) is 14.6 Å². The van der Waals surface area contributed by atoms with Crippen LogP contribution in [0.4, 0.5) is 0 Å². The summed E-state index contributed by atoms with van der Waals surface area (Å²) in [4.78, 5) is 36.3. The number of ether oxygens (including phenoxy) is 1. The number of esters is 1. The summed E-state index contributed by atoms with van der Waals surface area (Å²) in [6, 6.07) is 0. The summed E-state index contributed by atoms with van der Waals surface area (Å²) in [6.45, 7) is 6.34. The van der Waals surface area contributed by atoms with Crippen molar-refractivity contribution in [3.63, 3.8) is 0 Å². The van der Waals surface area contributed by atoms with Gasteiger partial charge in [0.1, 0.15) is 0 Å². The Morgan fingerprint density at radius 3 is 2.57 bits per heavy atom. The fourth-order valence-electron chi connectivity index (χ4n) is 1.86. The van der Waals surface area contributed by atoms with E-state index in [1.165, 1.54) is 4.57 Å². The molecule has 6 nitrogen and oxygen atoms in total. The summed E-state index contributed by atoms with van der Waals surface area (Å²) in [5.41, 5.74) is -0.158. The van der Waals surface area contributed by atoms with Crippen molar-refractivity contribution >= 4 is 5.97 Å². The Balaban J connectivity index is 2.21. The third kappa shape index (κ3) is 5.97. The number of nitrogens with one attached hydrogen (secondary N) is 1. The van der Waals surface area contributed by atoms with Gasteiger partial charge in [0.15, 0.2) is 0 Å². The van der Waals surface area contributed by atoms with Crippen LogP contribution in [0.5, 0.6) is 0 Å². The molecule has 0 atom stereocenters. The summed E-state index contributed by atoms with van der Waals surface area (Å²) in [5.74, 6) is -0.245. The molecular formula is C15H24N2O4. The first kappa shape index (κ1) is 17.2. The monoisotopic (exact) mass is 296 g/mol. The molecule has 0 aliphatic carbocycles. The van der Waals surface area contributed by atoms with Crippen LogP contribution < -0.4 is 11.2 Å². The Labute approximate surface area is 124 Å². The molecule has 0 spiro atoms. The van der Waals surface area contributed by atoms with Gasteiger partial charge in [-0.2, -0.15) is 0 Å². The largest absolute Gasteiger partial charge is 0.465 e. The number of hydrogen-bond donors (Lipinski definition) is 1. The van der Waals surface area contributed by atoms with E-state index in [0.717, 1.165) is 25.7 Å². The number of carbonyl (C=O) groups is 1. The maximum atomic E-state index is 11.5. The predicted molar refractivity (Wildman–Crippen MR) is 80.3 cm³/mol. The molecule has 1 heterocycles. The van der Waals surface area contributed by atoms with Crippen molar-refractivity contribution in [3.05, 3.63) is 32.6 Å². The molecule has 0 aliphatic heterocycles. The molecule has 0 saturated heterocycles. The zero-order valence-electron chi connectivity index (χ0n) is 13.0. The fraction of sp³-hybridized carbons (Fsp3) is 0.667. The first-order valence-corrected chi connectivity index (χ1v) is 7.39. The molecule has 0 radical (unpaired) electrons. The summed E-state index contributed by atoms with van der Waals surface area (Å²) >= 11 is 0. The van der Waals surface area contributed by atoms with E-state index in [-0.39, 0.29) is 23.1 Å².